The minimum absolute atomic E-state index is 0.169. The van der Waals surface area contributed by atoms with Crippen molar-refractivity contribution < 1.29 is 13.9 Å². The van der Waals surface area contributed by atoms with Crippen LogP contribution in [0.25, 0.3) is 0 Å². The SMILES string of the molecule is CC1CCC(O)(Cc2ccc(F)cc2F)c2ccccc21. The van der Waals surface area contributed by atoms with Gasteiger partial charge in [0.15, 0.2) is 0 Å². The summed E-state index contributed by atoms with van der Waals surface area (Å²) in [6, 6.07) is 11.3. The van der Waals surface area contributed by atoms with E-state index in [9.17, 15) is 13.9 Å². The summed E-state index contributed by atoms with van der Waals surface area (Å²) >= 11 is 0. The molecule has 2 aromatic rings. The van der Waals surface area contributed by atoms with Crippen molar-refractivity contribution in [3.8, 4) is 0 Å². The summed E-state index contributed by atoms with van der Waals surface area (Å²) in [7, 11) is 0. The summed E-state index contributed by atoms with van der Waals surface area (Å²) in [4.78, 5) is 0. The van der Waals surface area contributed by atoms with Crippen LogP contribution in [-0.2, 0) is 12.0 Å². The Balaban J connectivity index is 2.00. The van der Waals surface area contributed by atoms with Crippen molar-refractivity contribution in [3.05, 3.63) is 70.8 Å². The van der Waals surface area contributed by atoms with Crippen molar-refractivity contribution in [1.82, 2.24) is 0 Å². The van der Waals surface area contributed by atoms with Gasteiger partial charge in [0.2, 0.25) is 0 Å². The molecule has 0 bridgehead atoms. The van der Waals surface area contributed by atoms with E-state index < -0.39 is 17.2 Å². The predicted molar refractivity (Wildman–Crippen MR) is 78.0 cm³/mol. The highest BCUT2D eigenvalue weighted by Crippen LogP contribution is 2.43. The lowest BCUT2D eigenvalue weighted by atomic mass is 9.72. The molecule has 3 rings (SSSR count). The smallest absolute Gasteiger partial charge is 0.129 e. The summed E-state index contributed by atoms with van der Waals surface area (Å²) in [5.41, 5.74) is 1.26. The molecule has 0 fully saturated rings. The third-order valence-corrected chi connectivity index (χ3v) is 4.48. The van der Waals surface area contributed by atoms with Gasteiger partial charge in [-0.15, -0.1) is 0 Å². The van der Waals surface area contributed by atoms with Gasteiger partial charge in [-0.2, -0.15) is 0 Å². The molecular weight excluding hydrogens is 270 g/mol. The van der Waals surface area contributed by atoms with Crippen LogP contribution in [-0.4, -0.2) is 5.11 Å². The number of aliphatic hydroxyl groups is 1. The molecule has 1 N–H and O–H groups in total. The highest BCUT2D eigenvalue weighted by molar-refractivity contribution is 5.39. The molecule has 0 aromatic heterocycles. The molecule has 0 heterocycles. The molecule has 2 atom stereocenters. The first-order valence-corrected chi connectivity index (χ1v) is 7.25. The standard InChI is InChI=1S/C18H18F2O/c1-12-8-9-18(21,16-5-3-2-4-15(12)16)11-13-6-7-14(19)10-17(13)20/h2-7,10,12,21H,8-9,11H2,1H3. The van der Waals surface area contributed by atoms with Crippen LogP contribution in [0.15, 0.2) is 42.5 Å². The Kier molecular flexibility index (Phi) is 3.54. The molecule has 0 saturated heterocycles. The second kappa shape index (κ2) is 5.23. The molecule has 21 heavy (non-hydrogen) atoms. The number of hydrogen-bond acceptors (Lipinski definition) is 1. The number of hydrogen-bond donors (Lipinski definition) is 1. The van der Waals surface area contributed by atoms with Crippen molar-refractivity contribution in [2.75, 3.05) is 0 Å². The summed E-state index contributed by atoms with van der Waals surface area (Å²) in [5.74, 6) is -0.806. The number of halogens is 2. The molecule has 0 radical (unpaired) electrons. The summed E-state index contributed by atoms with van der Waals surface area (Å²) < 4.78 is 26.9. The number of rotatable bonds is 2. The van der Waals surface area contributed by atoms with Gasteiger partial charge < -0.3 is 5.11 Å². The first-order valence-electron chi connectivity index (χ1n) is 7.25. The summed E-state index contributed by atoms with van der Waals surface area (Å²) in [6.07, 6.45) is 1.61. The van der Waals surface area contributed by atoms with Gasteiger partial charge in [-0.25, -0.2) is 8.78 Å². The van der Waals surface area contributed by atoms with Gasteiger partial charge in [0.05, 0.1) is 5.60 Å². The van der Waals surface area contributed by atoms with E-state index >= 15 is 0 Å². The van der Waals surface area contributed by atoms with Gasteiger partial charge in [0.1, 0.15) is 11.6 Å². The van der Waals surface area contributed by atoms with Gasteiger partial charge in [0.25, 0.3) is 0 Å². The van der Waals surface area contributed by atoms with E-state index in [2.05, 4.69) is 6.92 Å². The molecule has 0 aliphatic heterocycles. The van der Waals surface area contributed by atoms with Gasteiger partial charge in [0, 0.05) is 12.5 Å². The van der Waals surface area contributed by atoms with E-state index in [1.54, 1.807) is 0 Å². The number of fused-ring (bicyclic) bond motifs is 1. The van der Waals surface area contributed by atoms with Crippen LogP contribution >= 0.6 is 0 Å². The van der Waals surface area contributed by atoms with Gasteiger partial charge in [-0.05, 0) is 41.5 Å². The van der Waals surface area contributed by atoms with Gasteiger partial charge >= 0.3 is 0 Å². The molecule has 0 saturated carbocycles. The molecule has 1 aliphatic carbocycles. The van der Waals surface area contributed by atoms with Crippen molar-refractivity contribution in [2.45, 2.75) is 37.7 Å². The average Bonchev–Trinajstić information content (AvgIpc) is 2.47. The Labute approximate surface area is 123 Å². The maximum atomic E-state index is 13.9. The Morgan fingerprint density at radius 3 is 2.71 bits per heavy atom. The largest absolute Gasteiger partial charge is 0.385 e. The molecule has 1 aliphatic rings. The van der Waals surface area contributed by atoms with Crippen molar-refractivity contribution in [2.24, 2.45) is 0 Å². The highest BCUT2D eigenvalue weighted by atomic mass is 19.1. The minimum Gasteiger partial charge on any atom is -0.385 e. The zero-order chi connectivity index (χ0) is 15.0. The van der Waals surface area contributed by atoms with E-state index in [0.717, 1.165) is 23.6 Å². The molecule has 2 aromatic carbocycles. The zero-order valence-corrected chi connectivity index (χ0v) is 11.9. The lowest BCUT2D eigenvalue weighted by Gasteiger charge is -2.37. The Hall–Kier alpha value is -1.74. The van der Waals surface area contributed by atoms with Crippen LogP contribution in [0.4, 0.5) is 8.78 Å². The Bertz CT molecular complexity index is 668. The first-order chi connectivity index (χ1) is 9.99. The molecule has 0 amide bonds. The predicted octanol–water partition coefficient (Wildman–Crippen LogP) is 4.29. The van der Waals surface area contributed by atoms with E-state index in [4.69, 9.17) is 0 Å². The molecule has 3 heteroatoms. The highest BCUT2D eigenvalue weighted by Gasteiger charge is 2.37. The molecule has 1 nitrogen and oxygen atoms in total. The summed E-state index contributed by atoms with van der Waals surface area (Å²) in [5, 5.41) is 11.0. The van der Waals surface area contributed by atoms with Crippen LogP contribution in [0, 0.1) is 11.6 Å². The van der Waals surface area contributed by atoms with Crippen LogP contribution in [0.2, 0.25) is 0 Å². The maximum absolute atomic E-state index is 13.9. The van der Waals surface area contributed by atoms with Gasteiger partial charge in [-0.1, -0.05) is 37.3 Å². The van der Waals surface area contributed by atoms with Crippen molar-refractivity contribution in [3.63, 3.8) is 0 Å². The van der Waals surface area contributed by atoms with E-state index in [1.807, 2.05) is 24.3 Å². The third kappa shape index (κ3) is 2.58. The molecule has 2 unspecified atom stereocenters. The normalized spacial score (nSPS) is 24.7. The Morgan fingerprint density at radius 1 is 1.19 bits per heavy atom. The van der Waals surface area contributed by atoms with E-state index in [0.29, 0.717) is 17.9 Å². The van der Waals surface area contributed by atoms with Crippen molar-refractivity contribution >= 4 is 0 Å². The molecule has 110 valence electrons. The maximum Gasteiger partial charge on any atom is 0.129 e. The fraction of sp³-hybridized carbons (Fsp3) is 0.333. The summed E-state index contributed by atoms with van der Waals surface area (Å²) in [6.45, 7) is 2.14. The topological polar surface area (TPSA) is 20.2 Å². The second-order valence-electron chi connectivity index (χ2n) is 5.97. The van der Waals surface area contributed by atoms with Crippen LogP contribution in [0.1, 0.15) is 42.4 Å². The first kappa shape index (κ1) is 14.2. The van der Waals surface area contributed by atoms with Gasteiger partial charge in [-0.3, -0.25) is 0 Å². The molecular formula is C18H18F2O. The average molecular weight is 288 g/mol. The monoisotopic (exact) mass is 288 g/mol. The third-order valence-electron chi connectivity index (χ3n) is 4.48. The van der Waals surface area contributed by atoms with Crippen LogP contribution in [0.3, 0.4) is 0 Å². The molecule has 0 spiro atoms. The number of benzene rings is 2. The lowest BCUT2D eigenvalue weighted by molar-refractivity contribution is 0.0151. The quantitative estimate of drug-likeness (QED) is 0.874. The minimum atomic E-state index is -1.08. The lowest BCUT2D eigenvalue weighted by Crippen LogP contribution is -2.34. The van der Waals surface area contributed by atoms with Crippen LogP contribution < -0.4 is 0 Å². The zero-order valence-electron chi connectivity index (χ0n) is 11.9. The van der Waals surface area contributed by atoms with E-state index in [-0.39, 0.29) is 6.42 Å². The fourth-order valence-electron chi connectivity index (χ4n) is 3.26. The second-order valence-corrected chi connectivity index (χ2v) is 5.97. The van der Waals surface area contributed by atoms with Crippen molar-refractivity contribution in [1.29, 1.82) is 0 Å². The van der Waals surface area contributed by atoms with E-state index in [1.165, 1.54) is 12.1 Å². The Morgan fingerprint density at radius 2 is 1.95 bits per heavy atom. The fourth-order valence-corrected chi connectivity index (χ4v) is 3.26. The van der Waals surface area contributed by atoms with Crippen LogP contribution in [0.5, 0.6) is 0 Å².